The number of rotatable bonds is 6. The number of benzene rings is 2. The van der Waals surface area contributed by atoms with E-state index >= 15 is 0 Å². The molecule has 2 unspecified atom stereocenters. The van der Waals surface area contributed by atoms with Crippen LogP contribution in [-0.2, 0) is 11.0 Å². The molecule has 2 atom stereocenters. The van der Waals surface area contributed by atoms with E-state index in [1.807, 2.05) is 26.0 Å². The number of unbranched alkanes of at least 4 members (excludes halogenated alkanes) is 1. The second kappa shape index (κ2) is 9.54. The lowest BCUT2D eigenvalue weighted by Crippen LogP contribution is -2.36. The van der Waals surface area contributed by atoms with Gasteiger partial charge >= 0.3 is 6.18 Å². The Morgan fingerprint density at radius 3 is 2.52 bits per heavy atom. The number of hydrogen-bond acceptors (Lipinski definition) is 2. The van der Waals surface area contributed by atoms with Gasteiger partial charge in [-0.25, -0.2) is 0 Å². The van der Waals surface area contributed by atoms with E-state index in [1.54, 1.807) is 23.1 Å². The minimum atomic E-state index is -4.47. The second-order valence-electron chi connectivity index (χ2n) is 8.01. The third kappa shape index (κ3) is 5.27. The predicted octanol–water partition coefficient (Wildman–Crippen LogP) is 4.79. The van der Waals surface area contributed by atoms with Gasteiger partial charge in [-0.1, -0.05) is 49.7 Å². The lowest BCUT2D eigenvalue weighted by Gasteiger charge is -2.19. The van der Waals surface area contributed by atoms with Gasteiger partial charge in [0.25, 0.3) is 5.91 Å². The molecule has 166 valence electrons. The van der Waals surface area contributed by atoms with Gasteiger partial charge in [-0.2, -0.15) is 13.2 Å². The van der Waals surface area contributed by atoms with Crippen LogP contribution in [0.2, 0.25) is 0 Å². The summed E-state index contributed by atoms with van der Waals surface area (Å²) in [6, 6.07) is 12.3. The van der Waals surface area contributed by atoms with Crippen LogP contribution in [0.3, 0.4) is 0 Å². The second-order valence-corrected chi connectivity index (χ2v) is 8.01. The first kappa shape index (κ1) is 22.8. The molecule has 1 saturated heterocycles. The summed E-state index contributed by atoms with van der Waals surface area (Å²) in [7, 11) is 0. The quantitative estimate of drug-likeness (QED) is 0.668. The highest BCUT2D eigenvalue weighted by molar-refractivity contribution is 5.96. The summed E-state index contributed by atoms with van der Waals surface area (Å²) in [5.41, 5.74) is 1.03. The van der Waals surface area contributed by atoms with E-state index in [-0.39, 0.29) is 24.9 Å². The summed E-state index contributed by atoms with van der Waals surface area (Å²) in [4.78, 5) is 27.6. The Bertz CT molecular complexity index is 942. The van der Waals surface area contributed by atoms with Crippen molar-refractivity contribution < 1.29 is 22.8 Å². The summed E-state index contributed by atoms with van der Waals surface area (Å²) >= 11 is 0. The van der Waals surface area contributed by atoms with Gasteiger partial charge in [0.05, 0.1) is 11.5 Å². The molecule has 0 aromatic heterocycles. The zero-order valence-corrected chi connectivity index (χ0v) is 17.7. The van der Waals surface area contributed by atoms with Crippen LogP contribution in [0.5, 0.6) is 0 Å². The van der Waals surface area contributed by atoms with Gasteiger partial charge in [0.1, 0.15) is 0 Å². The largest absolute Gasteiger partial charge is 0.416 e. The fourth-order valence-electron chi connectivity index (χ4n) is 4.02. The highest BCUT2D eigenvalue weighted by atomic mass is 19.4. The van der Waals surface area contributed by atoms with E-state index in [2.05, 4.69) is 5.32 Å². The van der Waals surface area contributed by atoms with Gasteiger partial charge < -0.3 is 10.2 Å². The number of likely N-dealkylation sites (tertiary alicyclic amines) is 1. The van der Waals surface area contributed by atoms with Crippen LogP contribution < -0.4 is 5.32 Å². The lowest BCUT2D eigenvalue weighted by molar-refractivity contribution is -0.137. The van der Waals surface area contributed by atoms with Crippen molar-refractivity contribution in [3.63, 3.8) is 0 Å². The molecule has 7 heteroatoms. The Morgan fingerprint density at radius 1 is 1.10 bits per heavy atom. The van der Waals surface area contributed by atoms with Crippen molar-refractivity contribution >= 4 is 11.8 Å². The number of amides is 2. The molecule has 0 bridgehead atoms. The normalized spacial score (nSPS) is 18.8. The molecule has 3 rings (SSSR count). The number of aryl methyl sites for hydroxylation is 1. The average Bonchev–Trinajstić information content (AvgIpc) is 3.19. The van der Waals surface area contributed by atoms with E-state index in [0.717, 1.165) is 30.5 Å². The topological polar surface area (TPSA) is 49.4 Å². The standard InChI is InChI=1S/C24H27F3N2O2/c1-3-4-12-28-22(30)21-15-29(23(31)19-11-6-5-8-16(19)2)14-20(21)17-9-7-10-18(13-17)24(25,26)27/h5-11,13,20-21H,3-4,12,14-15H2,1-2H3,(H,28,30). The number of hydrogen-bond donors (Lipinski definition) is 1. The Labute approximate surface area is 180 Å². The maximum atomic E-state index is 13.2. The molecule has 0 radical (unpaired) electrons. The molecule has 1 aliphatic heterocycles. The lowest BCUT2D eigenvalue weighted by atomic mass is 9.87. The van der Waals surface area contributed by atoms with E-state index in [4.69, 9.17) is 0 Å². The van der Waals surface area contributed by atoms with Gasteiger partial charge in [0, 0.05) is 31.1 Å². The van der Waals surface area contributed by atoms with Gasteiger partial charge in [0.15, 0.2) is 0 Å². The van der Waals surface area contributed by atoms with Gasteiger partial charge in [0.2, 0.25) is 5.91 Å². The van der Waals surface area contributed by atoms with E-state index in [0.29, 0.717) is 17.7 Å². The highest BCUT2D eigenvalue weighted by Gasteiger charge is 2.41. The third-order valence-corrected chi connectivity index (χ3v) is 5.79. The van der Waals surface area contributed by atoms with Crippen molar-refractivity contribution in [2.45, 2.75) is 38.8 Å². The molecule has 2 amide bonds. The first-order valence-electron chi connectivity index (χ1n) is 10.5. The SMILES string of the molecule is CCCCNC(=O)C1CN(C(=O)c2ccccc2C)CC1c1cccc(C(F)(F)F)c1. The van der Waals surface area contributed by atoms with E-state index in [9.17, 15) is 22.8 Å². The predicted molar refractivity (Wildman–Crippen MR) is 113 cm³/mol. The number of nitrogens with zero attached hydrogens (tertiary/aromatic N) is 1. The molecule has 1 N–H and O–H groups in total. The average molecular weight is 432 g/mol. The molecule has 1 fully saturated rings. The van der Waals surface area contributed by atoms with Crippen molar-refractivity contribution in [2.75, 3.05) is 19.6 Å². The molecule has 4 nitrogen and oxygen atoms in total. The smallest absolute Gasteiger partial charge is 0.356 e. The zero-order valence-electron chi connectivity index (χ0n) is 17.7. The summed E-state index contributed by atoms with van der Waals surface area (Å²) in [6.07, 6.45) is -2.73. The summed E-state index contributed by atoms with van der Waals surface area (Å²) < 4.78 is 39.7. The van der Waals surface area contributed by atoms with Gasteiger partial charge in [-0.3, -0.25) is 9.59 Å². The van der Waals surface area contributed by atoms with E-state index in [1.165, 1.54) is 6.07 Å². The first-order valence-corrected chi connectivity index (χ1v) is 10.5. The number of alkyl halides is 3. The van der Waals surface area contributed by atoms with Crippen LogP contribution in [0.1, 0.15) is 52.7 Å². The molecule has 0 saturated carbocycles. The Morgan fingerprint density at radius 2 is 1.84 bits per heavy atom. The highest BCUT2D eigenvalue weighted by Crippen LogP contribution is 2.37. The fourth-order valence-corrected chi connectivity index (χ4v) is 4.02. The molecule has 2 aromatic rings. The van der Waals surface area contributed by atoms with Crippen molar-refractivity contribution in [3.8, 4) is 0 Å². The van der Waals surface area contributed by atoms with Crippen LogP contribution in [0.15, 0.2) is 48.5 Å². The van der Waals surface area contributed by atoms with Crippen LogP contribution in [0, 0.1) is 12.8 Å². The molecule has 1 aliphatic rings. The third-order valence-electron chi connectivity index (χ3n) is 5.79. The molecule has 2 aromatic carbocycles. The van der Waals surface area contributed by atoms with Crippen molar-refractivity contribution in [3.05, 3.63) is 70.8 Å². The number of halogens is 3. The monoisotopic (exact) mass is 432 g/mol. The summed E-state index contributed by atoms with van der Waals surface area (Å²) in [6.45, 7) is 4.72. The van der Waals surface area contributed by atoms with Crippen LogP contribution in [-0.4, -0.2) is 36.3 Å². The minimum absolute atomic E-state index is 0.173. The minimum Gasteiger partial charge on any atom is -0.356 e. The number of carbonyl (C=O) groups is 2. The maximum absolute atomic E-state index is 13.2. The van der Waals surface area contributed by atoms with Gasteiger partial charge in [-0.15, -0.1) is 0 Å². The maximum Gasteiger partial charge on any atom is 0.416 e. The summed E-state index contributed by atoms with van der Waals surface area (Å²) in [5.74, 6) is -1.54. The Hall–Kier alpha value is -2.83. The van der Waals surface area contributed by atoms with E-state index < -0.39 is 23.6 Å². The molecular weight excluding hydrogens is 405 g/mol. The van der Waals surface area contributed by atoms with Crippen molar-refractivity contribution in [1.82, 2.24) is 10.2 Å². The summed E-state index contributed by atoms with van der Waals surface area (Å²) in [5, 5.41) is 2.88. The Kier molecular flexibility index (Phi) is 7.03. The molecule has 31 heavy (non-hydrogen) atoms. The number of carbonyl (C=O) groups excluding carboxylic acids is 2. The molecule has 1 heterocycles. The molecule has 0 aliphatic carbocycles. The fraction of sp³-hybridized carbons (Fsp3) is 0.417. The van der Waals surface area contributed by atoms with Gasteiger partial charge in [-0.05, 0) is 36.6 Å². The van der Waals surface area contributed by atoms with Crippen molar-refractivity contribution in [2.24, 2.45) is 5.92 Å². The number of nitrogens with one attached hydrogen (secondary N) is 1. The molecule has 0 spiro atoms. The Balaban J connectivity index is 1.90. The van der Waals surface area contributed by atoms with Crippen LogP contribution in [0.4, 0.5) is 13.2 Å². The van der Waals surface area contributed by atoms with Crippen LogP contribution in [0.25, 0.3) is 0 Å². The van der Waals surface area contributed by atoms with Crippen molar-refractivity contribution in [1.29, 1.82) is 0 Å². The van der Waals surface area contributed by atoms with Crippen LogP contribution >= 0.6 is 0 Å². The molecular formula is C24H27F3N2O2. The first-order chi connectivity index (χ1) is 14.7. The zero-order chi connectivity index (χ0) is 22.6.